The van der Waals surface area contributed by atoms with Crippen LogP contribution in [0.4, 0.5) is 0 Å². The van der Waals surface area contributed by atoms with E-state index in [-0.39, 0.29) is 22.3 Å². The number of carbonyl (C=O) groups is 1. The first-order chi connectivity index (χ1) is 3.95. The minimum atomic E-state index is -3.36. The summed E-state index contributed by atoms with van der Waals surface area (Å²) in [6, 6.07) is 0. The average Bonchev–Trinajstić information content (AvgIpc) is 1.62. The number of rotatable bonds is 2. The highest BCUT2D eigenvalue weighted by molar-refractivity contribution is 9.09. The van der Waals surface area contributed by atoms with Crippen molar-refractivity contribution in [2.24, 2.45) is 0 Å². The maximum Gasteiger partial charge on any atom is 0.244 e. The third kappa shape index (κ3) is 8.38. The minimum absolute atomic E-state index is 0. The standard InChI is InChI=1S/C3H6BrNO3S.BrH/c1-9(7,8)5-3(6)2-4;/h2H2,1H3,(H,5,6);1H. The van der Waals surface area contributed by atoms with Crippen molar-refractivity contribution in [2.75, 3.05) is 11.6 Å². The summed E-state index contributed by atoms with van der Waals surface area (Å²) in [5.74, 6) is -0.558. The van der Waals surface area contributed by atoms with Crippen LogP contribution in [0.2, 0.25) is 0 Å². The number of carbonyl (C=O) groups excluding carboxylic acids is 1. The van der Waals surface area contributed by atoms with Gasteiger partial charge in [0.05, 0.1) is 11.6 Å². The van der Waals surface area contributed by atoms with E-state index in [1.54, 1.807) is 4.72 Å². The SMILES string of the molecule is Br.CS(=O)(=O)NC(=O)CBr. The maximum atomic E-state index is 10.3. The molecule has 0 atom stereocenters. The molecule has 1 N–H and O–H groups in total. The number of halogens is 2. The Morgan fingerprint density at radius 3 is 2.10 bits per heavy atom. The molecule has 0 bridgehead atoms. The largest absolute Gasteiger partial charge is 0.273 e. The molecule has 4 nitrogen and oxygen atoms in total. The summed E-state index contributed by atoms with van der Waals surface area (Å²) in [5, 5.41) is 0.0000694. The van der Waals surface area contributed by atoms with E-state index in [0.717, 1.165) is 6.26 Å². The van der Waals surface area contributed by atoms with E-state index >= 15 is 0 Å². The van der Waals surface area contributed by atoms with Crippen molar-refractivity contribution in [2.45, 2.75) is 0 Å². The predicted octanol–water partition coefficient (Wildman–Crippen LogP) is 0.0350. The van der Waals surface area contributed by atoms with E-state index in [2.05, 4.69) is 15.9 Å². The van der Waals surface area contributed by atoms with Gasteiger partial charge in [-0.25, -0.2) is 8.42 Å². The zero-order chi connectivity index (χ0) is 7.49. The molecule has 10 heavy (non-hydrogen) atoms. The van der Waals surface area contributed by atoms with Crippen LogP contribution >= 0.6 is 32.9 Å². The number of hydrogen-bond acceptors (Lipinski definition) is 3. The van der Waals surface area contributed by atoms with E-state index in [1.807, 2.05) is 0 Å². The van der Waals surface area contributed by atoms with Crippen molar-refractivity contribution in [3.8, 4) is 0 Å². The third-order valence-electron chi connectivity index (χ3n) is 0.421. The molecule has 0 aliphatic carbocycles. The highest BCUT2D eigenvalue weighted by Gasteiger charge is 2.04. The van der Waals surface area contributed by atoms with Gasteiger partial charge in [0, 0.05) is 0 Å². The van der Waals surface area contributed by atoms with Crippen LogP contribution in [0.1, 0.15) is 0 Å². The molecule has 0 aliphatic heterocycles. The van der Waals surface area contributed by atoms with Crippen LogP contribution in [0, 0.1) is 0 Å². The Morgan fingerprint density at radius 2 is 2.00 bits per heavy atom. The fraction of sp³-hybridized carbons (Fsp3) is 0.667. The quantitative estimate of drug-likeness (QED) is 0.732. The maximum absolute atomic E-state index is 10.3. The van der Waals surface area contributed by atoms with Gasteiger partial charge in [-0.2, -0.15) is 0 Å². The molecule has 1 amide bonds. The summed E-state index contributed by atoms with van der Waals surface area (Å²) >= 11 is 2.79. The van der Waals surface area contributed by atoms with Crippen LogP contribution in [0.25, 0.3) is 0 Å². The second kappa shape index (κ2) is 5.09. The van der Waals surface area contributed by atoms with Crippen LogP contribution in [0.5, 0.6) is 0 Å². The first-order valence-corrected chi connectivity index (χ1v) is 5.03. The van der Waals surface area contributed by atoms with Gasteiger partial charge in [0.25, 0.3) is 0 Å². The number of sulfonamides is 1. The lowest BCUT2D eigenvalue weighted by molar-refractivity contribution is -0.116. The average molecular weight is 297 g/mol. The Bertz CT molecular complexity index is 200. The van der Waals surface area contributed by atoms with Crippen molar-refractivity contribution >= 4 is 48.8 Å². The van der Waals surface area contributed by atoms with Crippen LogP contribution in [0.3, 0.4) is 0 Å². The highest BCUT2D eigenvalue weighted by atomic mass is 79.9. The first-order valence-electron chi connectivity index (χ1n) is 2.02. The van der Waals surface area contributed by atoms with Crippen molar-refractivity contribution < 1.29 is 13.2 Å². The first kappa shape index (κ1) is 13.0. The molecule has 0 aromatic heterocycles. The molecular formula is C3H7Br2NO3S. The second-order valence-corrected chi connectivity index (χ2v) is 3.74. The van der Waals surface area contributed by atoms with Gasteiger partial charge in [0.15, 0.2) is 0 Å². The summed E-state index contributed by atoms with van der Waals surface area (Å²) in [7, 11) is -3.36. The summed E-state index contributed by atoms with van der Waals surface area (Å²) in [4.78, 5) is 10.3. The zero-order valence-electron chi connectivity index (χ0n) is 5.13. The molecule has 0 aromatic carbocycles. The normalized spacial score (nSPS) is 9.80. The lowest BCUT2D eigenvalue weighted by Crippen LogP contribution is -2.29. The van der Waals surface area contributed by atoms with Crippen molar-refractivity contribution in [1.29, 1.82) is 0 Å². The van der Waals surface area contributed by atoms with Gasteiger partial charge in [-0.1, -0.05) is 15.9 Å². The molecule has 0 saturated heterocycles. The summed E-state index contributed by atoms with van der Waals surface area (Å²) in [6.45, 7) is 0. The third-order valence-corrected chi connectivity index (χ3v) is 1.53. The van der Waals surface area contributed by atoms with Crippen molar-refractivity contribution in [3.05, 3.63) is 0 Å². The van der Waals surface area contributed by atoms with Gasteiger partial charge in [-0.15, -0.1) is 17.0 Å². The fourth-order valence-electron chi connectivity index (χ4n) is 0.234. The number of amides is 1. The van der Waals surface area contributed by atoms with Crippen LogP contribution < -0.4 is 4.72 Å². The molecule has 0 aliphatic rings. The second-order valence-electron chi connectivity index (χ2n) is 1.43. The lowest BCUT2D eigenvalue weighted by atomic mass is 10.8. The smallest absolute Gasteiger partial charge is 0.244 e. The molecule has 0 spiro atoms. The molecule has 0 radical (unpaired) electrons. The molecule has 62 valence electrons. The van der Waals surface area contributed by atoms with Crippen molar-refractivity contribution in [3.63, 3.8) is 0 Å². The van der Waals surface area contributed by atoms with Crippen LogP contribution in [0.15, 0.2) is 0 Å². The summed E-state index contributed by atoms with van der Waals surface area (Å²) in [5.41, 5.74) is 0. The van der Waals surface area contributed by atoms with Gasteiger partial charge >= 0.3 is 0 Å². The fourth-order valence-corrected chi connectivity index (χ4v) is 1.05. The Balaban J connectivity index is 0. The van der Waals surface area contributed by atoms with E-state index in [0.29, 0.717) is 0 Å². The zero-order valence-corrected chi connectivity index (χ0v) is 9.24. The van der Waals surface area contributed by atoms with E-state index in [1.165, 1.54) is 0 Å². The molecule has 0 aromatic rings. The Labute approximate surface area is 78.3 Å². The van der Waals surface area contributed by atoms with Crippen molar-refractivity contribution in [1.82, 2.24) is 4.72 Å². The molecule has 0 fully saturated rings. The molecular weight excluding hydrogens is 290 g/mol. The minimum Gasteiger partial charge on any atom is -0.273 e. The van der Waals surface area contributed by atoms with Gasteiger partial charge in [0.2, 0.25) is 15.9 Å². The van der Waals surface area contributed by atoms with Gasteiger partial charge < -0.3 is 0 Å². The molecule has 0 saturated carbocycles. The molecule has 0 heterocycles. The Kier molecular flexibility index (Phi) is 6.61. The summed E-state index contributed by atoms with van der Waals surface area (Å²) < 4.78 is 22.3. The monoisotopic (exact) mass is 295 g/mol. The van der Waals surface area contributed by atoms with E-state index in [9.17, 15) is 13.2 Å². The van der Waals surface area contributed by atoms with Gasteiger partial charge in [-0.3, -0.25) is 9.52 Å². The molecule has 0 rings (SSSR count). The van der Waals surface area contributed by atoms with Gasteiger partial charge in [-0.05, 0) is 0 Å². The molecule has 0 unspecified atom stereocenters. The topological polar surface area (TPSA) is 63.2 Å². The van der Waals surface area contributed by atoms with E-state index in [4.69, 9.17) is 0 Å². The van der Waals surface area contributed by atoms with Gasteiger partial charge in [0.1, 0.15) is 0 Å². The molecule has 7 heteroatoms. The number of nitrogens with one attached hydrogen (secondary N) is 1. The Morgan fingerprint density at radius 1 is 1.60 bits per heavy atom. The summed E-state index contributed by atoms with van der Waals surface area (Å²) in [6.07, 6.45) is 0.924. The highest BCUT2D eigenvalue weighted by Crippen LogP contribution is 1.80. The number of hydrogen-bond donors (Lipinski definition) is 1. The predicted molar refractivity (Wildman–Crippen MR) is 47.1 cm³/mol. The lowest BCUT2D eigenvalue weighted by Gasteiger charge is -1.95. The van der Waals surface area contributed by atoms with E-state index < -0.39 is 15.9 Å². The van der Waals surface area contributed by atoms with Crippen LogP contribution in [-0.4, -0.2) is 25.9 Å². The Hall–Kier alpha value is 0.380. The van der Waals surface area contributed by atoms with Crippen LogP contribution in [-0.2, 0) is 14.8 Å². The number of alkyl halides is 1.